The van der Waals surface area contributed by atoms with E-state index in [4.69, 9.17) is 11.5 Å². The Morgan fingerprint density at radius 1 is 0.718 bits per heavy atom. The van der Waals surface area contributed by atoms with Crippen molar-refractivity contribution in [2.24, 2.45) is 23.3 Å². The number of piperazine rings is 1. The van der Waals surface area contributed by atoms with Gasteiger partial charge in [-0.05, 0) is 67.6 Å². The second-order valence-corrected chi connectivity index (χ2v) is 11.8. The third-order valence-corrected chi connectivity index (χ3v) is 8.78. The van der Waals surface area contributed by atoms with Crippen molar-refractivity contribution in [2.45, 2.75) is 36.5 Å². The van der Waals surface area contributed by atoms with Crippen LogP contribution in [0.2, 0.25) is 0 Å². The molecule has 2 aromatic carbocycles. The smallest absolute Gasteiger partial charge is 0.0554 e. The third kappa shape index (κ3) is 8.39. The van der Waals surface area contributed by atoms with E-state index in [0.717, 1.165) is 77.2 Å². The normalized spacial score (nSPS) is 20.5. The molecule has 0 aliphatic carbocycles. The molecule has 11 heteroatoms. The van der Waals surface area contributed by atoms with E-state index in [9.17, 15) is 0 Å². The Kier molecular flexibility index (Phi) is 15.4. The fraction of sp³-hybridized carbons (Fsp3) is 0.571. The van der Waals surface area contributed by atoms with E-state index in [2.05, 4.69) is 69.8 Å². The predicted molar refractivity (Wildman–Crippen MR) is 180 cm³/mol. The average Bonchev–Trinajstić information content (AvgIpc) is 2.86. The molecular formula is C28H46Cl4N6S. The van der Waals surface area contributed by atoms with Gasteiger partial charge in [0.05, 0.1) is 11.4 Å². The lowest BCUT2D eigenvalue weighted by atomic mass is 9.91. The molecule has 0 aromatic heterocycles. The Balaban J connectivity index is 0.00000190. The second-order valence-electron chi connectivity index (χ2n) is 10.7. The number of rotatable bonds is 7. The van der Waals surface area contributed by atoms with Crippen LogP contribution in [0.5, 0.6) is 0 Å². The standard InChI is InChI=1S/C28H42N6S.4ClH/c1-21-16-22(2)20-33(19-21)24-5-7-26-28(18-24)35-27-17-23(4-6-25(27)34(26)10-3-8-29)32-14-12-31(11-9-30)13-15-32;;;;/h4-7,17-18,21-22H,3,8-16,19-20,29-30H2,1-2H3;4*1H. The van der Waals surface area contributed by atoms with Crippen molar-refractivity contribution in [1.29, 1.82) is 0 Å². The van der Waals surface area contributed by atoms with Gasteiger partial charge >= 0.3 is 0 Å². The summed E-state index contributed by atoms with van der Waals surface area (Å²) in [5.74, 6) is 1.49. The highest BCUT2D eigenvalue weighted by molar-refractivity contribution is 7.99. The van der Waals surface area contributed by atoms with Gasteiger partial charge in [-0.2, -0.15) is 0 Å². The molecule has 222 valence electrons. The lowest BCUT2D eigenvalue weighted by Gasteiger charge is -2.39. The van der Waals surface area contributed by atoms with Crippen LogP contribution in [0, 0.1) is 11.8 Å². The minimum absolute atomic E-state index is 0. The molecule has 0 saturated carbocycles. The van der Waals surface area contributed by atoms with E-state index < -0.39 is 0 Å². The number of hydrogen-bond donors (Lipinski definition) is 2. The molecule has 39 heavy (non-hydrogen) atoms. The summed E-state index contributed by atoms with van der Waals surface area (Å²) in [6.45, 7) is 14.8. The largest absolute Gasteiger partial charge is 0.371 e. The summed E-state index contributed by atoms with van der Waals surface area (Å²) in [6, 6.07) is 14.1. The van der Waals surface area contributed by atoms with Gasteiger partial charge in [0.2, 0.25) is 0 Å². The molecule has 6 nitrogen and oxygen atoms in total. The number of nitrogens with two attached hydrogens (primary N) is 2. The first-order chi connectivity index (χ1) is 17.1. The average molecular weight is 641 g/mol. The van der Waals surface area contributed by atoms with Crippen LogP contribution < -0.4 is 26.2 Å². The molecule has 0 radical (unpaired) electrons. The maximum Gasteiger partial charge on any atom is 0.0554 e. The van der Waals surface area contributed by atoms with Crippen LogP contribution in [-0.4, -0.2) is 70.3 Å². The molecule has 5 rings (SSSR count). The quantitative estimate of drug-likeness (QED) is 0.392. The second kappa shape index (κ2) is 16.6. The van der Waals surface area contributed by atoms with Crippen LogP contribution in [0.3, 0.4) is 0 Å². The van der Waals surface area contributed by atoms with Crippen LogP contribution in [0.1, 0.15) is 26.7 Å². The van der Waals surface area contributed by atoms with Crippen molar-refractivity contribution >= 4 is 84.1 Å². The van der Waals surface area contributed by atoms with E-state index >= 15 is 0 Å². The first-order valence-electron chi connectivity index (χ1n) is 13.4. The SMILES string of the molecule is CC1CC(C)CN(c2ccc3c(c2)Sc2cc(N4CCN(CCN)CC4)ccc2N3CCCN)C1.Cl.Cl.Cl.Cl. The molecule has 3 aliphatic rings. The fourth-order valence-corrected chi connectivity index (χ4v) is 7.19. The lowest BCUT2D eigenvalue weighted by molar-refractivity contribution is 0.265. The highest BCUT2D eigenvalue weighted by Gasteiger charge is 2.27. The van der Waals surface area contributed by atoms with Crippen LogP contribution in [-0.2, 0) is 0 Å². The third-order valence-electron chi connectivity index (χ3n) is 7.69. The number of nitrogens with zero attached hydrogens (tertiary/aromatic N) is 4. The van der Waals surface area contributed by atoms with Gasteiger partial charge in [-0.15, -0.1) is 49.6 Å². The molecular weight excluding hydrogens is 594 g/mol. The molecule has 4 N–H and O–H groups in total. The molecule has 0 bridgehead atoms. The zero-order valence-corrected chi connectivity index (χ0v) is 27.2. The number of benzene rings is 2. The van der Waals surface area contributed by atoms with Crippen molar-refractivity contribution in [2.75, 3.05) is 80.1 Å². The molecule has 3 heterocycles. The molecule has 0 spiro atoms. The molecule has 2 saturated heterocycles. The van der Waals surface area contributed by atoms with Gasteiger partial charge in [-0.1, -0.05) is 25.6 Å². The summed E-state index contributed by atoms with van der Waals surface area (Å²) in [6.07, 6.45) is 2.32. The van der Waals surface area contributed by atoms with Crippen molar-refractivity contribution < 1.29 is 0 Å². The van der Waals surface area contributed by atoms with Gasteiger partial charge in [0.1, 0.15) is 0 Å². The van der Waals surface area contributed by atoms with Gasteiger partial charge in [0.15, 0.2) is 0 Å². The van der Waals surface area contributed by atoms with Crippen LogP contribution in [0.15, 0.2) is 46.2 Å². The summed E-state index contributed by atoms with van der Waals surface area (Å²) < 4.78 is 0. The van der Waals surface area contributed by atoms with Gasteiger partial charge in [0, 0.05) is 80.1 Å². The predicted octanol–water partition coefficient (Wildman–Crippen LogP) is 5.89. The zero-order valence-electron chi connectivity index (χ0n) is 23.1. The van der Waals surface area contributed by atoms with Crippen molar-refractivity contribution in [1.82, 2.24) is 4.90 Å². The molecule has 2 atom stereocenters. The maximum atomic E-state index is 5.93. The lowest BCUT2D eigenvalue weighted by Crippen LogP contribution is -2.47. The minimum Gasteiger partial charge on any atom is -0.371 e. The molecule has 2 fully saturated rings. The first kappa shape index (κ1) is 36.3. The molecule has 2 unspecified atom stereocenters. The van der Waals surface area contributed by atoms with Crippen LogP contribution >= 0.6 is 61.4 Å². The van der Waals surface area contributed by atoms with E-state index in [1.165, 1.54) is 39.0 Å². The highest BCUT2D eigenvalue weighted by atomic mass is 35.5. The number of anilines is 4. The Morgan fingerprint density at radius 3 is 1.77 bits per heavy atom. The summed E-state index contributed by atoms with van der Waals surface area (Å²) in [5, 5.41) is 0. The van der Waals surface area contributed by atoms with E-state index in [1.54, 1.807) is 0 Å². The van der Waals surface area contributed by atoms with Gasteiger partial charge < -0.3 is 26.2 Å². The van der Waals surface area contributed by atoms with Crippen LogP contribution in [0.25, 0.3) is 0 Å². The van der Waals surface area contributed by atoms with Crippen molar-refractivity contribution in [3.8, 4) is 0 Å². The highest BCUT2D eigenvalue weighted by Crippen LogP contribution is 2.50. The number of piperidine rings is 1. The topological polar surface area (TPSA) is 65.0 Å². The fourth-order valence-electron chi connectivity index (χ4n) is 6.03. The number of fused-ring (bicyclic) bond motifs is 2. The summed E-state index contributed by atoms with van der Waals surface area (Å²) >= 11 is 1.93. The van der Waals surface area contributed by atoms with E-state index in [1.807, 2.05) is 11.8 Å². The molecule has 3 aliphatic heterocycles. The molecule has 0 amide bonds. The Bertz CT molecular complexity index is 1010. The van der Waals surface area contributed by atoms with Gasteiger partial charge in [-0.25, -0.2) is 0 Å². The zero-order chi connectivity index (χ0) is 24.4. The maximum absolute atomic E-state index is 5.93. The van der Waals surface area contributed by atoms with E-state index in [0.29, 0.717) is 6.54 Å². The summed E-state index contributed by atoms with van der Waals surface area (Å²) in [7, 11) is 0. The number of hydrogen-bond acceptors (Lipinski definition) is 7. The van der Waals surface area contributed by atoms with Gasteiger partial charge in [0.25, 0.3) is 0 Å². The monoisotopic (exact) mass is 638 g/mol. The summed E-state index contributed by atoms with van der Waals surface area (Å²) in [5.41, 5.74) is 17.0. The van der Waals surface area contributed by atoms with Gasteiger partial charge in [-0.3, -0.25) is 4.90 Å². The van der Waals surface area contributed by atoms with Crippen molar-refractivity contribution in [3.05, 3.63) is 36.4 Å². The Morgan fingerprint density at radius 2 is 1.26 bits per heavy atom. The Labute approximate surface area is 264 Å². The molecule has 2 aromatic rings. The summed E-state index contributed by atoms with van der Waals surface area (Å²) in [4.78, 5) is 12.8. The van der Waals surface area contributed by atoms with Crippen LogP contribution in [0.4, 0.5) is 22.7 Å². The Hall–Kier alpha value is -0.770. The van der Waals surface area contributed by atoms with Crippen molar-refractivity contribution in [3.63, 3.8) is 0 Å². The van der Waals surface area contributed by atoms with E-state index in [-0.39, 0.29) is 49.6 Å². The first-order valence-corrected chi connectivity index (χ1v) is 14.2. The minimum atomic E-state index is 0. The number of halogens is 4.